The SMILES string of the molecule is COC(=O)CCCNC(=O)COC(=O)c1ccccc1N1CCCC1=O. The molecule has 0 radical (unpaired) electrons. The van der Waals surface area contributed by atoms with Crippen molar-refractivity contribution in [2.75, 3.05) is 31.7 Å². The number of ether oxygens (including phenoxy) is 2. The van der Waals surface area contributed by atoms with E-state index in [4.69, 9.17) is 4.74 Å². The van der Waals surface area contributed by atoms with Gasteiger partial charge in [0, 0.05) is 25.9 Å². The molecule has 0 spiro atoms. The topological polar surface area (TPSA) is 102 Å². The zero-order valence-corrected chi connectivity index (χ0v) is 14.7. The number of amides is 2. The van der Waals surface area contributed by atoms with Crippen LogP contribution < -0.4 is 10.2 Å². The van der Waals surface area contributed by atoms with Gasteiger partial charge in [-0.15, -0.1) is 0 Å². The molecule has 0 atom stereocenters. The third-order valence-electron chi connectivity index (χ3n) is 3.93. The Morgan fingerprint density at radius 3 is 2.69 bits per heavy atom. The first kappa shape index (κ1) is 19.4. The van der Waals surface area contributed by atoms with Gasteiger partial charge in [0.2, 0.25) is 5.91 Å². The Kier molecular flexibility index (Phi) is 7.13. The number of para-hydroxylation sites is 1. The van der Waals surface area contributed by atoms with Crippen molar-refractivity contribution in [2.24, 2.45) is 0 Å². The number of nitrogens with one attached hydrogen (secondary N) is 1. The molecule has 1 aliphatic rings. The standard InChI is InChI=1S/C18H22N2O6/c1-25-17(23)9-4-10-19-15(21)12-26-18(24)13-6-2-3-7-14(13)20-11-5-8-16(20)22/h2-3,6-7H,4-5,8-12H2,1H3,(H,19,21). The highest BCUT2D eigenvalue weighted by atomic mass is 16.5. The number of rotatable bonds is 8. The molecule has 2 rings (SSSR count). The molecule has 26 heavy (non-hydrogen) atoms. The van der Waals surface area contributed by atoms with E-state index in [1.807, 2.05) is 0 Å². The molecule has 0 unspecified atom stereocenters. The molecule has 140 valence electrons. The maximum absolute atomic E-state index is 12.3. The van der Waals surface area contributed by atoms with Crippen LogP contribution in [0.5, 0.6) is 0 Å². The van der Waals surface area contributed by atoms with E-state index in [1.54, 1.807) is 29.2 Å². The second-order valence-corrected chi connectivity index (χ2v) is 5.77. The zero-order valence-electron chi connectivity index (χ0n) is 14.7. The molecule has 1 N–H and O–H groups in total. The highest BCUT2D eigenvalue weighted by molar-refractivity contribution is 6.03. The Morgan fingerprint density at radius 1 is 1.23 bits per heavy atom. The monoisotopic (exact) mass is 362 g/mol. The van der Waals surface area contributed by atoms with E-state index in [0.29, 0.717) is 25.1 Å². The van der Waals surface area contributed by atoms with Crippen molar-refractivity contribution in [1.29, 1.82) is 0 Å². The molecule has 8 heteroatoms. The molecule has 1 aromatic rings. The van der Waals surface area contributed by atoms with Crippen LogP contribution in [0.4, 0.5) is 5.69 Å². The smallest absolute Gasteiger partial charge is 0.340 e. The summed E-state index contributed by atoms with van der Waals surface area (Å²) in [6.07, 6.45) is 1.84. The minimum atomic E-state index is -0.662. The summed E-state index contributed by atoms with van der Waals surface area (Å²) in [5.41, 5.74) is 0.750. The zero-order chi connectivity index (χ0) is 18.9. The van der Waals surface area contributed by atoms with Gasteiger partial charge in [-0.2, -0.15) is 0 Å². The van der Waals surface area contributed by atoms with Crippen LogP contribution in [0, 0.1) is 0 Å². The molecular formula is C18H22N2O6. The van der Waals surface area contributed by atoms with Gasteiger partial charge in [0.15, 0.2) is 6.61 Å². The van der Waals surface area contributed by atoms with Gasteiger partial charge in [-0.1, -0.05) is 12.1 Å². The second kappa shape index (κ2) is 9.55. The number of esters is 2. The maximum atomic E-state index is 12.3. The fourth-order valence-corrected chi connectivity index (χ4v) is 2.61. The molecule has 1 aromatic carbocycles. The third kappa shape index (κ3) is 5.30. The average molecular weight is 362 g/mol. The van der Waals surface area contributed by atoms with E-state index >= 15 is 0 Å². The Hall–Kier alpha value is -2.90. The lowest BCUT2D eigenvalue weighted by Crippen LogP contribution is -2.30. The van der Waals surface area contributed by atoms with Gasteiger partial charge in [-0.05, 0) is 25.0 Å². The van der Waals surface area contributed by atoms with Gasteiger partial charge in [-0.3, -0.25) is 14.4 Å². The number of anilines is 1. The first-order chi connectivity index (χ1) is 12.5. The fourth-order valence-electron chi connectivity index (χ4n) is 2.61. The quantitative estimate of drug-likeness (QED) is 0.548. The molecular weight excluding hydrogens is 340 g/mol. The van der Waals surface area contributed by atoms with Crippen LogP contribution in [0.25, 0.3) is 0 Å². The predicted octanol–water partition coefficient (Wildman–Crippen LogP) is 1.04. The van der Waals surface area contributed by atoms with Crippen molar-refractivity contribution >= 4 is 29.4 Å². The predicted molar refractivity (Wildman–Crippen MR) is 92.6 cm³/mol. The van der Waals surface area contributed by atoms with Crippen LogP contribution in [0.15, 0.2) is 24.3 Å². The molecule has 0 bridgehead atoms. The van der Waals surface area contributed by atoms with Gasteiger partial charge in [0.25, 0.3) is 5.91 Å². The van der Waals surface area contributed by atoms with Crippen LogP contribution in [0.2, 0.25) is 0 Å². The molecule has 8 nitrogen and oxygen atoms in total. The van der Waals surface area contributed by atoms with Crippen molar-refractivity contribution in [3.05, 3.63) is 29.8 Å². The third-order valence-corrected chi connectivity index (χ3v) is 3.93. The summed E-state index contributed by atoms with van der Waals surface area (Å²) in [5.74, 6) is -1.50. The highest BCUT2D eigenvalue weighted by Crippen LogP contribution is 2.25. The lowest BCUT2D eigenvalue weighted by Gasteiger charge is -2.18. The van der Waals surface area contributed by atoms with Gasteiger partial charge >= 0.3 is 11.9 Å². The van der Waals surface area contributed by atoms with Crippen LogP contribution in [0.3, 0.4) is 0 Å². The molecule has 0 aromatic heterocycles. The molecule has 0 saturated carbocycles. The van der Waals surface area contributed by atoms with E-state index < -0.39 is 18.5 Å². The van der Waals surface area contributed by atoms with Crippen LogP contribution in [-0.2, 0) is 23.9 Å². The van der Waals surface area contributed by atoms with Gasteiger partial charge in [-0.25, -0.2) is 4.79 Å². The number of hydrogen-bond donors (Lipinski definition) is 1. The van der Waals surface area contributed by atoms with Crippen molar-refractivity contribution in [3.63, 3.8) is 0 Å². The lowest BCUT2D eigenvalue weighted by molar-refractivity contribution is -0.140. The fraction of sp³-hybridized carbons (Fsp3) is 0.444. The lowest BCUT2D eigenvalue weighted by atomic mass is 10.1. The van der Waals surface area contributed by atoms with E-state index in [-0.39, 0.29) is 30.4 Å². The van der Waals surface area contributed by atoms with Crippen LogP contribution >= 0.6 is 0 Å². The summed E-state index contributed by atoms with van der Waals surface area (Å²) in [7, 11) is 1.30. The van der Waals surface area contributed by atoms with Gasteiger partial charge in [0.1, 0.15) is 0 Å². The molecule has 1 fully saturated rings. The minimum absolute atomic E-state index is 0.0337. The van der Waals surface area contributed by atoms with Crippen molar-refractivity contribution < 1.29 is 28.7 Å². The van der Waals surface area contributed by atoms with Gasteiger partial charge < -0.3 is 19.7 Å². The number of hydrogen-bond acceptors (Lipinski definition) is 6. The Morgan fingerprint density at radius 2 is 2.00 bits per heavy atom. The largest absolute Gasteiger partial charge is 0.469 e. The van der Waals surface area contributed by atoms with Crippen LogP contribution in [0.1, 0.15) is 36.0 Å². The maximum Gasteiger partial charge on any atom is 0.340 e. The second-order valence-electron chi connectivity index (χ2n) is 5.77. The summed E-state index contributed by atoms with van der Waals surface area (Å²) in [5, 5.41) is 2.56. The summed E-state index contributed by atoms with van der Waals surface area (Å²) >= 11 is 0. The van der Waals surface area contributed by atoms with Crippen molar-refractivity contribution in [3.8, 4) is 0 Å². The van der Waals surface area contributed by atoms with Gasteiger partial charge in [0.05, 0.1) is 18.4 Å². The first-order valence-electron chi connectivity index (χ1n) is 8.43. The normalized spacial score (nSPS) is 13.4. The summed E-state index contributed by atoms with van der Waals surface area (Å²) in [4.78, 5) is 48.4. The van der Waals surface area contributed by atoms with E-state index in [1.165, 1.54) is 7.11 Å². The van der Waals surface area contributed by atoms with Crippen molar-refractivity contribution in [1.82, 2.24) is 5.32 Å². The number of carbonyl (C=O) groups is 4. The van der Waals surface area contributed by atoms with Crippen molar-refractivity contribution in [2.45, 2.75) is 25.7 Å². The summed E-state index contributed by atoms with van der Waals surface area (Å²) < 4.78 is 9.54. The van der Waals surface area contributed by atoms with E-state index in [9.17, 15) is 19.2 Å². The molecule has 1 heterocycles. The number of nitrogens with zero attached hydrogens (tertiary/aromatic N) is 1. The van der Waals surface area contributed by atoms with E-state index in [0.717, 1.165) is 6.42 Å². The number of carbonyl (C=O) groups excluding carboxylic acids is 4. The van der Waals surface area contributed by atoms with E-state index in [2.05, 4.69) is 10.1 Å². The summed E-state index contributed by atoms with van der Waals surface area (Å²) in [6.45, 7) is 0.410. The van der Waals surface area contributed by atoms with Crippen LogP contribution in [-0.4, -0.2) is 50.6 Å². The Labute approximate surface area is 151 Å². The molecule has 0 aliphatic carbocycles. The Balaban J connectivity index is 1.84. The average Bonchev–Trinajstić information content (AvgIpc) is 3.08. The molecule has 2 amide bonds. The number of methoxy groups -OCH3 is 1. The highest BCUT2D eigenvalue weighted by Gasteiger charge is 2.26. The molecule has 1 saturated heterocycles. The summed E-state index contributed by atoms with van der Waals surface area (Å²) in [6, 6.07) is 6.67. The molecule has 1 aliphatic heterocycles. The first-order valence-corrected chi connectivity index (χ1v) is 8.43. The minimum Gasteiger partial charge on any atom is -0.469 e. The number of benzene rings is 1. The Bertz CT molecular complexity index is 688.